The number of hydrogen-bond donors (Lipinski definition) is 4. The van der Waals surface area contributed by atoms with Gasteiger partial charge < -0.3 is 44.7 Å². The van der Waals surface area contributed by atoms with Crippen LogP contribution in [0.2, 0.25) is 0 Å². The van der Waals surface area contributed by atoms with Crippen molar-refractivity contribution < 1.29 is 33.6 Å². The molecule has 0 spiro atoms. The van der Waals surface area contributed by atoms with Gasteiger partial charge in [-0.3, -0.25) is 0 Å². The number of aliphatic hydroxyl groups is 2. The minimum atomic E-state index is -1.15. The van der Waals surface area contributed by atoms with E-state index in [2.05, 4.69) is 25.6 Å². The molecule has 4 rings (SSSR count). The maximum Gasteiger partial charge on any atom is 0.229 e. The molecule has 1 aliphatic rings. The summed E-state index contributed by atoms with van der Waals surface area (Å²) in [7, 11) is 4.48. The van der Waals surface area contributed by atoms with Crippen molar-refractivity contribution in [1.82, 2.24) is 15.0 Å². The highest BCUT2D eigenvalue weighted by Crippen LogP contribution is 2.41. The van der Waals surface area contributed by atoms with Crippen molar-refractivity contribution in [2.45, 2.75) is 25.7 Å². The molecule has 192 valence electrons. The van der Waals surface area contributed by atoms with Crippen LogP contribution in [0.4, 0.5) is 33.5 Å². The van der Waals surface area contributed by atoms with Gasteiger partial charge in [0.05, 0.1) is 27.5 Å². The highest BCUT2D eigenvalue weighted by molar-refractivity contribution is 5.67. The van der Waals surface area contributed by atoms with Crippen LogP contribution in [0.3, 0.4) is 0 Å². The second kappa shape index (κ2) is 9.87. The third-order valence-corrected chi connectivity index (χ3v) is 5.47. The minimum Gasteiger partial charge on any atom is -0.493 e. The zero-order valence-corrected chi connectivity index (χ0v) is 20.4. The van der Waals surface area contributed by atoms with Crippen molar-refractivity contribution in [1.29, 1.82) is 0 Å². The smallest absolute Gasteiger partial charge is 0.229 e. The van der Waals surface area contributed by atoms with Gasteiger partial charge in [-0.15, -0.1) is 0 Å². The van der Waals surface area contributed by atoms with Crippen LogP contribution >= 0.6 is 0 Å². The number of nitrogens with zero attached hydrogens (tertiary/aromatic N) is 4. The highest BCUT2D eigenvalue weighted by Gasteiger charge is 2.41. The molecule has 1 atom stereocenters. The number of pyridine rings is 1. The lowest BCUT2D eigenvalue weighted by Gasteiger charge is -2.43. The molecule has 12 nitrogen and oxygen atoms in total. The van der Waals surface area contributed by atoms with Crippen molar-refractivity contribution in [3.8, 4) is 23.0 Å². The second-order valence-electron chi connectivity index (χ2n) is 8.26. The highest BCUT2D eigenvalue weighted by atomic mass is 19.1. The molecule has 0 aliphatic carbocycles. The summed E-state index contributed by atoms with van der Waals surface area (Å²) in [6.45, 7) is 2.88. The Morgan fingerprint density at radius 2 is 1.78 bits per heavy atom. The fourth-order valence-corrected chi connectivity index (χ4v) is 3.68. The Morgan fingerprint density at radius 3 is 2.39 bits per heavy atom. The van der Waals surface area contributed by atoms with Crippen LogP contribution in [0.1, 0.15) is 13.8 Å². The molecule has 0 saturated carbocycles. The normalized spacial score (nSPS) is 16.0. The van der Waals surface area contributed by atoms with E-state index in [1.165, 1.54) is 26.2 Å². The van der Waals surface area contributed by atoms with Crippen LogP contribution < -0.4 is 34.5 Å². The Morgan fingerprint density at radius 1 is 1.08 bits per heavy atom. The Bertz CT molecular complexity index is 1230. The van der Waals surface area contributed by atoms with Crippen LogP contribution in [0, 0.1) is 5.82 Å². The third kappa shape index (κ3) is 4.70. The zero-order chi connectivity index (χ0) is 26.0. The van der Waals surface area contributed by atoms with E-state index >= 15 is 0 Å². The summed E-state index contributed by atoms with van der Waals surface area (Å²) in [5, 5.41) is 26.1. The standard InChI is InChI=1S/C23H27FN6O6/c1-23(2)21(32)30(11-31)20-14(36-23)6-7-17(28-20)27-19-13(24)10-25-22(29-19)26-12-8-15(33-3)18(35-5)16(9-12)34-4/h6-10,21,31-32H,11H2,1-5H3,(H2,25,26,27,28,29). The van der Waals surface area contributed by atoms with Crippen LogP contribution in [-0.4, -0.2) is 65.1 Å². The topological polar surface area (TPSA) is 143 Å². The molecule has 0 saturated heterocycles. The summed E-state index contributed by atoms with van der Waals surface area (Å²) in [5.74, 6) is 1.22. The van der Waals surface area contributed by atoms with Gasteiger partial charge in [0, 0.05) is 17.8 Å². The molecule has 0 bridgehead atoms. The summed E-state index contributed by atoms with van der Waals surface area (Å²) >= 11 is 0. The zero-order valence-electron chi connectivity index (χ0n) is 20.4. The largest absolute Gasteiger partial charge is 0.493 e. The molecule has 1 aromatic carbocycles. The number of benzene rings is 1. The molecule has 13 heteroatoms. The molecule has 4 N–H and O–H groups in total. The third-order valence-electron chi connectivity index (χ3n) is 5.47. The summed E-state index contributed by atoms with van der Waals surface area (Å²) < 4.78 is 36.4. The molecule has 0 radical (unpaired) electrons. The lowest BCUT2D eigenvalue weighted by atomic mass is 10.0. The number of halogens is 1. The van der Waals surface area contributed by atoms with Gasteiger partial charge in [-0.05, 0) is 26.0 Å². The first-order valence-corrected chi connectivity index (χ1v) is 10.8. The maximum absolute atomic E-state index is 14.6. The Hall–Kier alpha value is -4.10. The molecule has 3 aromatic rings. The second-order valence-corrected chi connectivity index (χ2v) is 8.26. The van der Waals surface area contributed by atoms with E-state index in [1.54, 1.807) is 38.1 Å². The first-order valence-electron chi connectivity index (χ1n) is 10.8. The lowest BCUT2D eigenvalue weighted by molar-refractivity contribution is -0.0492. The van der Waals surface area contributed by atoms with Crippen LogP contribution in [0.5, 0.6) is 23.0 Å². The Balaban J connectivity index is 1.61. The van der Waals surface area contributed by atoms with Gasteiger partial charge in [-0.2, -0.15) is 4.98 Å². The van der Waals surface area contributed by atoms with Crippen LogP contribution in [0.15, 0.2) is 30.5 Å². The summed E-state index contributed by atoms with van der Waals surface area (Å²) in [6, 6.07) is 6.48. The van der Waals surface area contributed by atoms with Crippen LogP contribution in [-0.2, 0) is 0 Å². The number of ether oxygens (including phenoxy) is 4. The van der Waals surface area contributed by atoms with E-state index < -0.39 is 24.4 Å². The number of nitrogens with one attached hydrogen (secondary N) is 2. The molecule has 2 aromatic heterocycles. The first kappa shape index (κ1) is 25.0. The average molecular weight is 503 g/mol. The quantitative estimate of drug-likeness (QED) is 0.360. The fraction of sp³-hybridized carbons (Fsp3) is 0.348. The molecule has 1 unspecified atom stereocenters. The average Bonchev–Trinajstić information content (AvgIpc) is 2.86. The predicted molar refractivity (Wildman–Crippen MR) is 129 cm³/mol. The van der Waals surface area contributed by atoms with Crippen molar-refractivity contribution in [3.63, 3.8) is 0 Å². The Kier molecular flexibility index (Phi) is 6.86. The van der Waals surface area contributed by atoms with E-state index in [1.807, 2.05) is 0 Å². The fourth-order valence-electron chi connectivity index (χ4n) is 3.68. The number of aliphatic hydroxyl groups excluding tert-OH is 2. The minimum absolute atomic E-state index is 0.0867. The van der Waals surface area contributed by atoms with Crippen LogP contribution in [0.25, 0.3) is 0 Å². The van der Waals surface area contributed by atoms with Gasteiger partial charge in [-0.1, -0.05) is 0 Å². The monoisotopic (exact) mass is 502 g/mol. The van der Waals surface area contributed by atoms with Crippen molar-refractivity contribution >= 4 is 29.1 Å². The van der Waals surface area contributed by atoms with E-state index in [9.17, 15) is 14.6 Å². The van der Waals surface area contributed by atoms with Gasteiger partial charge in [0.15, 0.2) is 40.9 Å². The number of aromatic nitrogens is 3. The van der Waals surface area contributed by atoms with E-state index in [4.69, 9.17) is 18.9 Å². The number of anilines is 5. The number of methoxy groups -OCH3 is 3. The summed E-state index contributed by atoms with van der Waals surface area (Å²) in [6.07, 6.45) is -0.147. The molecular weight excluding hydrogens is 475 g/mol. The number of fused-ring (bicyclic) bond motifs is 1. The molecule has 0 fully saturated rings. The van der Waals surface area contributed by atoms with Gasteiger partial charge in [0.2, 0.25) is 11.7 Å². The molecular formula is C23H27FN6O6. The van der Waals surface area contributed by atoms with Crippen molar-refractivity contribution in [2.24, 2.45) is 0 Å². The summed E-state index contributed by atoms with van der Waals surface area (Å²) in [5.41, 5.74) is -0.459. The number of hydrogen-bond acceptors (Lipinski definition) is 12. The van der Waals surface area contributed by atoms with E-state index in [-0.39, 0.29) is 23.4 Å². The van der Waals surface area contributed by atoms with Gasteiger partial charge in [0.1, 0.15) is 18.1 Å². The molecule has 0 amide bonds. The van der Waals surface area contributed by atoms with E-state index in [0.717, 1.165) is 6.20 Å². The molecule has 3 heterocycles. The Labute approximate surface area is 206 Å². The lowest BCUT2D eigenvalue weighted by Crippen LogP contribution is -2.56. The van der Waals surface area contributed by atoms with Crippen molar-refractivity contribution in [2.75, 3.05) is 43.6 Å². The molecule has 1 aliphatic heterocycles. The number of rotatable bonds is 8. The maximum atomic E-state index is 14.6. The molecule has 36 heavy (non-hydrogen) atoms. The predicted octanol–water partition coefficient (Wildman–Crippen LogP) is 2.77. The van der Waals surface area contributed by atoms with E-state index in [0.29, 0.717) is 28.7 Å². The van der Waals surface area contributed by atoms with Gasteiger partial charge >= 0.3 is 0 Å². The van der Waals surface area contributed by atoms with Gasteiger partial charge in [-0.25, -0.2) is 14.4 Å². The van der Waals surface area contributed by atoms with Gasteiger partial charge in [0.25, 0.3) is 0 Å². The summed E-state index contributed by atoms with van der Waals surface area (Å²) in [4.78, 5) is 13.8. The first-order chi connectivity index (χ1) is 17.2. The van der Waals surface area contributed by atoms with Crippen molar-refractivity contribution in [3.05, 3.63) is 36.3 Å². The SMILES string of the molecule is COc1cc(Nc2ncc(F)c(Nc3ccc4c(n3)N(CO)C(O)C(C)(C)O4)n2)cc(OC)c1OC.